The minimum absolute atomic E-state index is 0.0843. The van der Waals surface area contributed by atoms with Crippen molar-refractivity contribution in [1.29, 1.82) is 0 Å². The van der Waals surface area contributed by atoms with Crippen molar-refractivity contribution in [3.05, 3.63) is 74.7 Å². The number of fused-ring (bicyclic) bond motifs is 2. The van der Waals surface area contributed by atoms with Crippen LogP contribution in [-0.2, 0) is 11.3 Å². The molecular formula is C21H16ClNO5. The highest BCUT2D eigenvalue weighted by molar-refractivity contribution is 6.32. The molecule has 4 rings (SSSR count). The molecule has 142 valence electrons. The quantitative estimate of drug-likeness (QED) is 0.402. The van der Waals surface area contributed by atoms with Gasteiger partial charge in [-0.25, -0.2) is 9.59 Å². The van der Waals surface area contributed by atoms with Crippen LogP contribution in [0.2, 0.25) is 5.02 Å². The van der Waals surface area contributed by atoms with Crippen molar-refractivity contribution in [1.82, 2.24) is 4.98 Å². The molecule has 2 heterocycles. The number of H-pyrrole nitrogens is 1. The molecule has 0 aliphatic carbocycles. The van der Waals surface area contributed by atoms with Gasteiger partial charge in [-0.2, -0.15) is 0 Å². The average Bonchev–Trinajstić information content (AvgIpc) is 3.10. The Labute approximate surface area is 164 Å². The first-order valence-corrected chi connectivity index (χ1v) is 8.89. The Balaban J connectivity index is 1.61. The summed E-state index contributed by atoms with van der Waals surface area (Å²) in [7, 11) is 1.58. The van der Waals surface area contributed by atoms with Crippen LogP contribution in [0.3, 0.4) is 0 Å². The van der Waals surface area contributed by atoms with Crippen LogP contribution < -0.4 is 10.4 Å². The Bertz CT molecular complexity index is 1270. The molecule has 0 aliphatic heterocycles. The third kappa shape index (κ3) is 3.34. The Morgan fingerprint density at radius 1 is 1.18 bits per heavy atom. The van der Waals surface area contributed by atoms with Gasteiger partial charge in [-0.15, -0.1) is 0 Å². The van der Waals surface area contributed by atoms with Crippen molar-refractivity contribution in [3.8, 4) is 5.75 Å². The molecule has 0 fully saturated rings. The number of aryl methyl sites for hydroxylation is 1. The van der Waals surface area contributed by atoms with E-state index < -0.39 is 11.6 Å². The molecule has 2 aromatic carbocycles. The van der Waals surface area contributed by atoms with E-state index in [1.165, 1.54) is 6.07 Å². The van der Waals surface area contributed by atoms with E-state index in [1.807, 2.05) is 19.1 Å². The maximum absolute atomic E-state index is 12.5. The van der Waals surface area contributed by atoms with Crippen LogP contribution in [0.1, 0.15) is 21.6 Å². The zero-order chi connectivity index (χ0) is 19.8. The number of hydrogen-bond donors (Lipinski definition) is 1. The van der Waals surface area contributed by atoms with Crippen LogP contribution in [0.25, 0.3) is 21.9 Å². The molecule has 2 aromatic heterocycles. The molecule has 0 spiro atoms. The summed E-state index contributed by atoms with van der Waals surface area (Å²) >= 11 is 6.19. The number of aromatic nitrogens is 1. The van der Waals surface area contributed by atoms with Gasteiger partial charge in [0.2, 0.25) is 0 Å². The van der Waals surface area contributed by atoms with Crippen LogP contribution in [0.5, 0.6) is 5.75 Å². The highest BCUT2D eigenvalue weighted by Gasteiger charge is 2.14. The molecule has 1 N–H and O–H groups in total. The Morgan fingerprint density at radius 2 is 2.00 bits per heavy atom. The van der Waals surface area contributed by atoms with E-state index in [1.54, 1.807) is 31.4 Å². The highest BCUT2D eigenvalue weighted by atomic mass is 35.5. The predicted molar refractivity (Wildman–Crippen MR) is 106 cm³/mol. The molecule has 28 heavy (non-hydrogen) atoms. The van der Waals surface area contributed by atoms with Crippen LogP contribution in [0.4, 0.5) is 0 Å². The smallest absolute Gasteiger partial charge is 0.355 e. The lowest BCUT2D eigenvalue weighted by Gasteiger charge is -2.08. The zero-order valence-corrected chi connectivity index (χ0v) is 15.9. The minimum atomic E-state index is -0.533. The first-order chi connectivity index (χ1) is 13.4. The maximum atomic E-state index is 12.5. The van der Waals surface area contributed by atoms with Crippen molar-refractivity contribution in [3.63, 3.8) is 0 Å². The first-order valence-electron chi connectivity index (χ1n) is 8.51. The largest absolute Gasteiger partial charge is 0.497 e. The summed E-state index contributed by atoms with van der Waals surface area (Å²) in [5.41, 5.74) is 2.28. The Hall–Kier alpha value is -3.25. The SMILES string of the molecule is COc1ccc2cc(C(=O)OCc3cc(=O)oc4cc(C)c(Cl)cc34)[nH]c2c1. The van der Waals surface area contributed by atoms with E-state index in [2.05, 4.69) is 4.98 Å². The second-order valence-electron chi connectivity index (χ2n) is 6.40. The molecule has 0 saturated carbocycles. The summed E-state index contributed by atoms with van der Waals surface area (Å²) in [5, 5.41) is 2.03. The molecule has 4 aromatic rings. The van der Waals surface area contributed by atoms with Gasteiger partial charge in [-0.3, -0.25) is 0 Å². The average molecular weight is 398 g/mol. The van der Waals surface area contributed by atoms with Gasteiger partial charge in [0.25, 0.3) is 0 Å². The molecule has 6 nitrogen and oxygen atoms in total. The van der Waals surface area contributed by atoms with E-state index in [9.17, 15) is 9.59 Å². The topological polar surface area (TPSA) is 81.5 Å². The maximum Gasteiger partial charge on any atom is 0.355 e. The number of methoxy groups -OCH3 is 1. The second-order valence-corrected chi connectivity index (χ2v) is 6.81. The van der Waals surface area contributed by atoms with Crippen LogP contribution >= 0.6 is 11.6 Å². The van der Waals surface area contributed by atoms with Gasteiger partial charge in [0.15, 0.2) is 0 Å². The number of ether oxygens (including phenoxy) is 2. The van der Waals surface area contributed by atoms with Crippen molar-refractivity contribution in [2.45, 2.75) is 13.5 Å². The summed E-state index contributed by atoms with van der Waals surface area (Å²) in [5.74, 6) is 0.152. The molecule has 0 unspecified atom stereocenters. The number of nitrogens with one attached hydrogen (secondary N) is 1. The summed E-state index contributed by atoms with van der Waals surface area (Å²) in [6.45, 7) is 1.73. The molecular weight excluding hydrogens is 382 g/mol. The predicted octanol–water partition coefficient (Wildman–Crippen LogP) is 4.60. The van der Waals surface area contributed by atoms with Crippen molar-refractivity contribution < 1.29 is 18.7 Å². The third-order valence-corrected chi connectivity index (χ3v) is 4.92. The second kappa shape index (κ2) is 7.05. The number of rotatable bonds is 4. The van der Waals surface area contributed by atoms with Gasteiger partial charge in [0.05, 0.1) is 7.11 Å². The lowest BCUT2D eigenvalue weighted by atomic mass is 10.1. The highest BCUT2D eigenvalue weighted by Crippen LogP contribution is 2.26. The van der Waals surface area contributed by atoms with Crippen LogP contribution in [0.15, 0.2) is 51.7 Å². The Morgan fingerprint density at radius 3 is 2.79 bits per heavy atom. The number of hydrogen-bond acceptors (Lipinski definition) is 5. The van der Waals surface area contributed by atoms with Gasteiger partial charge < -0.3 is 18.9 Å². The van der Waals surface area contributed by atoms with E-state index in [-0.39, 0.29) is 6.61 Å². The lowest BCUT2D eigenvalue weighted by Crippen LogP contribution is -2.08. The van der Waals surface area contributed by atoms with Gasteiger partial charge in [0.1, 0.15) is 23.6 Å². The monoisotopic (exact) mass is 397 g/mol. The summed E-state index contributed by atoms with van der Waals surface area (Å²) in [6, 6.07) is 11.9. The number of benzene rings is 2. The number of aromatic amines is 1. The van der Waals surface area contributed by atoms with E-state index in [0.717, 1.165) is 16.5 Å². The normalized spacial score (nSPS) is 11.1. The molecule has 7 heteroatoms. The van der Waals surface area contributed by atoms with Crippen molar-refractivity contribution >= 4 is 39.4 Å². The number of carbonyl (C=O) groups is 1. The van der Waals surface area contributed by atoms with E-state index in [0.29, 0.717) is 33.0 Å². The standard InChI is InChI=1S/C21H16ClNO5/c1-11-5-19-15(9-16(11)22)13(7-20(24)28-19)10-27-21(25)18-6-12-3-4-14(26-2)8-17(12)23-18/h3-9,23H,10H2,1-2H3. The molecule has 0 atom stereocenters. The van der Waals surface area contributed by atoms with Crippen LogP contribution in [-0.4, -0.2) is 18.1 Å². The number of halogens is 1. The summed E-state index contributed by atoms with van der Waals surface area (Å²) in [4.78, 5) is 27.3. The third-order valence-electron chi connectivity index (χ3n) is 4.52. The molecule has 0 saturated heterocycles. The molecule has 0 bridgehead atoms. The van der Waals surface area contributed by atoms with Crippen molar-refractivity contribution in [2.24, 2.45) is 0 Å². The van der Waals surface area contributed by atoms with Gasteiger partial charge in [-0.1, -0.05) is 11.6 Å². The lowest BCUT2D eigenvalue weighted by molar-refractivity contribution is 0.0468. The fraction of sp³-hybridized carbons (Fsp3) is 0.143. The number of carbonyl (C=O) groups excluding carboxylic acids is 1. The van der Waals surface area contributed by atoms with Crippen LogP contribution in [0, 0.1) is 6.92 Å². The molecule has 0 aliphatic rings. The fourth-order valence-corrected chi connectivity index (χ4v) is 3.20. The number of esters is 1. The molecule has 0 amide bonds. The molecule has 0 radical (unpaired) electrons. The van der Waals surface area contributed by atoms with E-state index >= 15 is 0 Å². The van der Waals surface area contributed by atoms with Crippen molar-refractivity contribution in [2.75, 3.05) is 7.11 Å². The minimum Gasteiger partial charge on any atom is -0.497 e. The summed E-state index contributed by atoms with van der Waals surface area (Å²) < 4.78 is 15.8. The Kier molecular flexibility index (Phi) is 4.57. The van der Waals surface area contributed by atoms with Gasteiger partial charge in [0, 0.05) is 39.0 Å². The fourth-order valence-electron chi connectivity index (χ4n) is 3.03. The van der Waals surface area contributed by atoms with Gasteiger partial charge in [-0.05, 0) is 42.8 Å². The zero-order valence-electron chi connectivity index (χ0n) is 15.2. The first kappa shape index (κ1) is 18.1. The summed E-state index contributed by atoms with van der Waals surface area (Å²) in [6.07, 6.45) is 0. The van der Waals surface area contributed by atoms with Gasteiger partial charge >= 0.3 is 11.6 Å². The van der Waals surface area contributed by atoms with E-state index in [4.69, 9.17) is 25.5 Å².